The number of halogens is 1. The molecule has 1 aliphatic heterocycles. The number of fused-ring (bicyclic) bond motifs is 1. The quantitative estimate of drug-likeness (QED) is 0.319. The number of aromatic nitrogens is 2. The maximum atomic E-state index is 13.8. The van der Waals surface area contributed by atoms with Crippen LogP contribution in [0.5, 0.6) is 0 Å². The number of benzene rings is 2. The lowest BCUT2D eigenvalue weighted by Gasteiger charge is -2.35. The fourth-order valence-electron chi connectivity index (χ4n) is 4.90. The fourth-order valence-corrected chi connectivity index (χ4v) is 4.90. The zero-order valence-electron chi connectivity index (χ0n) is 22.9. The number of carbonyl (C=O) groups excluding carboxylic acids is 3. The van der Waals surface area contributed by atoms with Gasteiger partial charge in [-0.2, -0.15) is 5.10 Å². The van der Waals surface area contributed by atoms with Gasteiger partial charge < -0.3 is 25.7 Å². The third kappa shape index (κ3) is 6.48. The molecule has 1 saturated heterocycles. The van der Waals surface area contributed by atoms with Gasteiger partial charge in [0.15, 0.2) is 5.69 Å². The molecular formula is C29H36FN5O5. The van der Waals surface area contributed by atoms with Gasteiger partial charge in [0.25, 0.3) is 5.91 Å². The average molecular weight is 554 g/mol. The maximum Gasteiger partial charge on any atom is 0.273 e. The molecule has 1 aromatic heterocycles. The lowest BCUT2D eigenvalue weighted by atomic mass is 9.85. The molecule has 4 rings (SSSR count). The Kier molecular flexibility index (Phi) is 8.85. The molecule has 0 saturated carbocycles. The van der Waals surface area contributed by atoms with E-state index in [0.717, 1.165) is 11.1 Å². The molecule has 1 fully saturated rings. The summed E-state index contributed by atoms with van der Waals surface area (Å²) in [7, 11) is 0. The second-order valence-electron chi connectivity index (χ2n) is 11.2. The zero-order valence-corrected chi connectivity index (χ0v) is 22.9. The first kappa shape index (κ1) is 29.2. The molecule has 10 nitrogen and oxygen atoms in total. The van der Waals surface area contributed by atoms with E-state index in [1.54, 1.807) is 28.9 Å². The molecule has 40 heavy (non-hydrogen) atoms. The molecule has 3 atom stereocenters. The van der Waals surface area contributed by atoms with Crippen LogP contribution in [0, 0.1) is 11.2 Å². The minimum absolute atomic E-state index is 0.124. The van der Waals surface area contributed by atoms with Crippen LogP contribution in [-0.4, -0.2) is 80.5 Å². The first-order valence-corrected chi connectivity index (χ1v) is 13.4. The second-order valence-corrected chi connectivity index (χ2v) is 11.2. The number of hydrogen-bond donors (Lipinski definition) is 4. The van der Waals surface area contributed by atoms with Gasteiger partial charge >= 0.3 is 0 Å². The van der Waals surface area contributed by atoms with E-state index in [1.807, 2.05) is 32.9 Å². The Morgan fingerprint density at radius 2 is 1.82 bits per heavy atom. The third-order valence-electron chi connectivity index (χ3n) is 7.07. The number of carbonyl (C=O) groups is 3. The molecule has 0 aliphatic carbocycles. The van der Waals surface area contributed by atoms with E-state index in [-0.39, 0.29) is 24.0 Å². The van der Waals surface area contributed by atoms with Crippen molar-refractivity contribution in [1.82, 2.24) is 25.3 Å². The van der Waals surface area contributed by atoms with Crippen LogP contribution < -0.4 is 10.6 Å². The van der Waals surface area contributed by atoms with Gasteiger partial charge in [0.2, 0.25) is 11.8 Å². The van der Waals surface area contributed by atoms with Crippen molar-refractivity contribution in [3.8, 4) is 0 Å². The van der Waals surface area contributed by atoms with E-state index in [0.29, 0.717) is 31.3 Å². The van der Waals surface area contributed by atoms with Crippen molar-refractivity contribution in [2.45, 2.75) is 58.3 Å². The number of para-hydroxylation sites is 1. The van der Waals surface area contributed by atoms with Crippen LogP contribution in [0.3, 0.4) is 0 Å². The summed E-state index contributed by atoms with van der Waals surface area (Å²) in [6, 6.07) is 11.6. The monoisotopic (exact) mass is 553 g/mol. The zero-order chi connectivity index (χ0) is 29.0. The maximum absolute atomic E-state index is 13.8. The van der Waals surface area contributed by atoms with Crippen LogP contribution in [0.1, 0.15) is 49.7 Å². The molecule has 1 aliphatic rings. The van der Waals surface area contributed by atoms with E-state index in [1.165, 1.54) is 17.0 Å². The van der Waals surface area contributed by atoms with Crippen molar-refractivity contribution in [3.05, 3.63) is 65.6 Å². The van der Waals surface area contributed by atoms with Crippen LogP contribution >= 0.6 is 0 Å². The predicted molar refractivity (Wildman–Crippen MR) is 147 cm³/mol. The number of nitrogens with one attached hydrogen (secondary N) is 2. The number of likely N-dealkylation sites (tertiary alicyclic amines) is 1. The Hall–Kier alpha value is -3.83. The first-order valence-electron chi connectivity index (χ1n) is 13.4. The predicted octanol–water partition coefficient (Wildman–Crippen LogP) is 1.83. The Bertz CT molecular complexity index is 1370. The van der Waals surface area contributed by atoms with Gasteiger partial charge in [-0.25, -0.2) is 4.39 Å². The molecule has 2 heterocycles. The standard InChI is InChI=1S/C29H36FN5O5/c1-29(2,3)25(28(40)34-14-6-9-23(34)26(38)31-15-20(37)17-36)32-27(39)24-21-7-4-5-8-22(21)35(33-24)16-18-10-12-19(30)13-11-18/h4-5,7-8,10-13,20,23,25,36-37H,6,9,14-17H2,1-3H3,(H,31,38)(H,32,39)/t20?,23-,25+/m0/s1. The molecule has 0 bridgehead atoms. The minimum atomic E-state index is -1.09. The van der Waals surface area contributed by atoms with E-state index in [9.17, 15) is 23.9 Å². The summed E-state index contributed by atoms with van der Waals surface area (Å²) < 4.78 is 15.1. The van der Waals surface area contributed by atoms with Crippen LogP contribution in [0.2, 0.25) is 0 Å². The Morgan fingerprint density at radius 3 is 2.50 bits per heavy atom. The molecule has 4 N–H and O–H groups in total. The SMILES string of the molecule is CC(C)(C)[C@H](NC(=O)c1nn(Cc2ccc(F)cc2)c2ccccc12)C(=O)N1CCC[C@H]1C(=O)NCC(O)CO. The highest BCUT2D eigenvalue weighted by atomic mass is 19.1. The Balaban J connectivity index is 1.56. The van der Waals surface area contributed by atoms with Gasteiger partial charge in [-0.15, -0.1) is 0 Å². The van der Waals surface area contributed by atoms with Crippen molar-refractivity contribution in [2.24, 2.45) is 5.41 Å². The summed E-state index contributed by atoms with van der Waals surface area (Å²) in [5.41, 5.74) is 1.01. The van der Waals surface area contributed by atoms with Crippen molar-refractivity contribution >= 4 is 28.6 Å². The summed E-state index contributed by atoms with van der Waals surface area (Å²) >= 11 is 0. The van der Waals surface area contributed by atoms with Crippen molar-refractivity contribution in [1.29, 1.82) is 0 Å². The average Bonchev–Trinajstić information content (AvgIpc) is 3.56. The van der Waals surface area contributed by atoms with E-state index >= 15 is 0 Å². The van der Waals surface area contributed by atoms with Gasteiger partial charge in [0, 0.05) is 18.5 Å². The summed E-state index contributed by atoms with van der Waals surface area (Å²) in [5, 5.41) is 29.3. The smallest absolute Gasteiger partial charge is 0.273 e. The number of aliphatic hydroxyl groups is 2. The van der Waals surface area contributed by atoms with Crippen molar-refractivity contribution < 1.29 is 29.0 Å². The van der Waals surface area contributed by atoms with Gasteiger partial charge in [-0.1, -0.05) is 51.1 Å². The van der Waals surface area contributed by atoms with Crippen LogP contribution in [-0.2, 0) is 16.1 Å². The summed E-state index contributed by atoms with van der Waals surface area (Å²) in [4.78, 5) is 41.7. The number of nitrogens with zero attached hydrogens (tertiary/aromatic N) is 3. The molecule has 2 aromatic carbocycles. The molecule has 0 spiro atoms. The third-order valence-corrected chi connectivity index (χ3v) is 7.07. The molecule has 0 radical (unpaired) electrons. The molecule has 3 amide bonds. The van der Waals surface area contributed by atoms with Crippen LogP contribution in [0.4, 0.5) is 4.39 Å². The number of rotatable bonds is 9. The van der Waals surface area contributed by atoms with Gasteiger partial charge in [0.05, 0.1) is 24.8 Å². The molecule has 214 valence electrons. The van der Waals surface area contributed by atoms with Gasteiger partial charge in [-0.05, 0) is 42.0 Å². The number of amides is 3. The van der Waals surface area contributed by atoms with E-state index in [4.69, 9.17) is 5.11 Å². The lowest BCUT2D eigenvalue weighted by molar-refractivity contribution is -0.142. The Labute approximate surface area is 232 Å². The molecular weight excluding hydrogens is 517 g/mol. The fraction of sp³-hybridized carbons (Fsp3) is 0.448. The summed E-state index contributed by atoms with van der Waals surface area (Å²) in [6.45, 7) is 5.58. The molecule has 1 unspecified atom stereocenters. The van der Waals surface area contributed by atoms with Crippen molar-refractivity contribution in [3.63, 3.8) is 0 Å². The van der Waals surface area contributed by atoms with Crippen molar-refractivity contribution in [2.75, 3.05) is 19.7 Å². The minimum Gasteiger partial charge on any atom is -0.394 e. The van der Waals surface area contributed by atoms with E-state index < -0.39 is 42.0 Å². The highest BCUT2D eigenvalue weighted by molar-refractivity contribution is 6.06. The molecule has 11 heteroatoms. The first-order chi connectivity index (χ1) is 19.0. The van der Waals surface area contributed by atoms with Crippen LogP contribution in [0.25, 0.3) is 10.9 Å². The van der Waals surface area contributed by atoms with Crippen LogP contribution in [0.15, 0.2) is 48.5 Å². The number of hydrogen-bond acceptors (Lipinski definition) is 6. The summed E-state index contributed by atoms with van der Waals surface area (Å²) in [5.74, 6) is -1.65. The number of aliphatic hydroxyl groups excluding tert-OH is 2. The lowest BCUT2D eigenvalue weighted by Crippen LogP contribution is -2.58. The molecule has 3 aromatic rings. The largest absolute Gasteiger partial charge is 0.394 e. The summed E-state index contributed by atoms with van der Waals surface area (Å²) in [6.07, 6.45) is -0.0140. The second kappa shape index (κ2) is 12.1. The highest BCUT2D eigenvalue weighted by Gasteiger charge is 2.42. The highest BCUT2D eigenvalue weighted by Crippen LogP contribution is 2.27. The van der Waals surface area contributed by atoms with Gasteiger partial charge in [-0.3, -0.25) is 19.1 Å². The Morgan fingerprint density at radius 1 is 1.12 bits per heavy atom. The topological polar surface area (TPSA) is 137 Å². The van der Waals surface area contributed by atoms with Gasteiger partial charge in [0.1, 0.15) is 17.9 Å². The van der Waals surface area contributed by atoms with E-state index in [2.05, 4.69) is 15.7 Å². The normalized spacial score (nSPS) is 17.1.